The predicted octanol–water partition coefficient (Wildman–Crippen LogP) is 1.72. The highest BCUT2D eigenvalue weighted by atomic mass is 16.2. The van der Waals surface area contributed by atoms with Crippen molar-refractivity contribution in [3.8, 4) is 0 Å². The molecule has 23 heavy (non-hydrogen) atoms. The number of aryl methyl sites for hydroxylation is 2. The fourth-order valence-corrected chi connectivity index (χ4v) is 2.99. The standard InChI is InChI=1S/C18H27N3O2/c1-13-8-14(2)10-16(9-13)21-12-15(11-17(21)22)18(23)19-6-5-7-20(3)4/h8-10,15H,5-7,11-12H2,1-4H3,(H,19,23). The smallest absolute Gasteiger partial charge is 0.227 e. The average molecular weight is 317 g/mol. The third-order valence-corrected chi connectivity index (χ3v) is 4.10. The number of anilines is 1. The summed E-state index contributed by atoms with van der Waals surface area (Å²) in [6.45, 7) is 6.11. The Morgan fingerprint density at radius 3 is 2.52 bits per heavy atom. The Morgan fingerprint density at radius 2 is 1.91 bits per heavy atom. The lowest BCUT2D eigenvalue weighted by Crippen LogP contribution is -2.34. The van der Waals surface area contributed by atoms with Crippen LogP contribution in [-0.4, -0.2) is 50.4 Å². The van der Waals surface area contributed by atoms with E-state index in [0.29, 0.717) is 19.5 Å². The van der Waals surface area contributed by atoms with Crippen LogP contribution in [0.3, 0.4) is 0 Å². The van der Waals surface area contributed by atoms with Crippen LogP contribution < -0.4 is 10.2 Å². The van der Waals surface area contributed by atoms with Crippen LogP contribution in [0.5, 0.6) is 0 Å². The number of amides is 2. The molecule has 1 aromatic rings. The van der Waals surface area contributed by atoms with E-state index in [-0.39, 0.29) is 17.7 Å². The van der Waals surface area contributed by atoms with Crippen molar-refractivity contribution in [1.82, 2.24) is 10.2 Å². The molecule has 0 spiro atoms. The van der Waals surface area contributed by atoms with Crippen molar-refractivity contribution in [2.75, 3.05) is 38.6 Å². The van der Waals surface area contributed by atoms with Crippen LogP contribution in [0.15, 0.2) is 18.2 Å². The van der Waals surface area contributed by atoms with E-state index in [1.807, 2.05) is 40.1 Å². The third kappa shape index (κ3) is 4.79. The summed E-state index contributed by atoms with van der Waals surface area (Å²) in [5.74, 6) is -0.227. The van der Waals surface area contributed by atoms with Crippen LogP contribution >= 0.6 is 0 Å². The zero-order valence-corrected chi connectivity index (χ0v) is 14.6. The number of carbonyl (C=O) groups excluding carboxylic acids is 2. The van der Waals surface area contributed by atoms with Gasteiger partial charge in [-0.25, -0.2) is 0 Å². The number of benzene rings is 1. The molecule has 1 atom stereocenters. The zero-order chi connectivity index (χ0) is 17.0. The number of hydrogen-bond donors (Lipinski definition) is 1. The summed E-state index contributed by atoms with van der Waals surface area (Å²) >= 11 is 0. The molecular formula is C18H27N3O2. The summed E-state index contributed by atoms with van der Waals surface area (Å²) in [5, 5.41) is 2.95. The maximum absolute atomic E-state index is 12.3. The predicted molar refractivity (Wildman–Crippen MR) is 92.6 cm³/mol. The minimum absolute atomic E-state index is 0.0102. The van der Waals surface area contributed by atoms with Crippen LogP contribution in [0.25, 0.3) is 0 Å². The Kier molecular flexibility index (Phi) is 5.77. The highest BCUT2D eigenvalue weighted by Crippen LogP contribution is 2.27. The minimum Gasteiger partial charge on any atom is -0.356 e. The first-order chi connectivity index (χ1) is 10.9. The van der Waals surface area contributed by atoms with Gasteiger partial charge in [-0.15, -0.1) is 0 Å². The zero-order valence-electron chi connectivity index (χ0n) is 14.6. The van der Waals surface area contributed by atoms with Crippen molar-refractivity contribution in [3.05, 3.63) is 29.3 Å². The van der Waals surface area contributed by atoms with Gasteiger partial charge in [-0.3, -0.25) is 9.59 Å². The van der Waals surface area contributed by atoms with E-state index in [2.05, 4.69) is 16.3 Å². The Hall–Kier alpha value is -1.88. The maximum Gasteiger partial charge on any atom is 0.227 e. The fourth-order valence-electron chi connectivity index (χ4n) is 2.99. The molecule has 0 saturated carbocycles. The molecule has 0 radical (unpaired) electrons. The number of carbonyl (C=O) groups is 2. The highest BCUT2D eigenvalue weighted by molar-refractivity contribution is 6.00. The first-order valence-electron chi connectivity index (χ1n) is 8.18. The van der Waals surface area contributed by atoms with Gasteiger partial charge in [-0.05, 0) is 64.2 Å². The third-order valence-electron chi connectivity index (χ3n) is 4.10. The number of rotatable bonds is 6. The quantitative estimate of drug-likeness (QED) is 0.813. The van der Waals surface area contributed by atoms with E-state index >= 15 is 0 Å². The fraction of sp³-hybridized carbons (Fsp3) is 0.556. The van der Waals surface area contributed by atoms with Crippen LogP contribution in [0, 0.1) is 19.8 Å². The molecule has 1 saturated heterocycles. The number of nitrogens with one attached hydrogen (secondary N) is 1. The molecule has 1 heterocycles. The summed E-state index contributed by atoms with van der Waals surface area (Å²) in [7, 11) is 4.03. The highest BCUT2D eigenvalue weighted by Gasteiger charge is 2.35. The number of nitrogens with zero attached hydrogens (tertiary/aromatic N) is 2. The van der Waals surface area contributed by atoms with Crippen LogP contribution in [-0.2, 0) is 9.59 Å². The lowest BCUT2D eigenvalue weighted by molar-refractivity contribution is -0.126. The number of hydrogen-bond acceptors (Lipinski definition) is 3. The second-order valence-electron chi connectivity index (χ2n) is 6.70. The normalized spacial score (nSPS) is 17.9. The summed E-state index contributed by atoms with van der Waals surface area (Å²) in [6, 6.07) is 6.09. The van der Waals surface area contributed by atoms with E-state index in [1.54, 1.807) is 4.90 Å². The monoisotopic (exact) mass is 317 g/mol. The van der Waals surface area contributed by atoms with Gasteiger partial charge in [0.2, 0.25) is 11.8 Å². The van der Waals surface area contributed by atoms with Crippen molar-refractivity contribution in [2.24, 2.45) is 5.92 Å². The molecule has 5 heteroatoms. The summed E-state index contributed by atoms with van der Waals surface area (Å²) < 4.78 is 0. The molecule has 0 aromatic heterocycles. The molecule has 1 aliphatic rings. The van der Waals surface area contributed by atoms with Gasteiger partial charge in [0.15, 0.2) is 0 Å². The Bertz CT molecular complexity index is 563. The summed E-state index contributed by atoms with van der Waals surface area (Å²) in [4.78, 5) is 28.3. The van der Waals surface area contributed by atoms with Crippen LogP contribution in [0.1, 0.15) is 24.0 Å². The van der Waals surface area contributed by atoms with Crippen molar-refractivity contribution >= 4 is 17.5 Å². The second kappa shape index (κ2) is 7.59. The molecule has 0 aliphatic carbocycles. The molecule has 1 fully saturated rings. The Balaban J connectivity index is 1.92. The molecular weight excluding hydrogens is 290 g/mol. The van der Waals surface area contributed by atoms with E-state index in [4.69, 9.17) is 0 Å². The van der Waals surface area contributed by atoms with Gasteiger partial charge in [0, 0.05) is 25.2 Å². The molecule has 5 nitrogen and oxygen atoms in total. The van der Waals surface area contributed by atoms with Gasteiger partial charge in [-0.1, -0.05) is 6.07 Å². The first kappa shape index (κ1) is 17.5. The van der Waals surface area contributed by atoms with Gasteiger partial charge in [0.25, 0.3) is 0 Å². The second-order valence-corrected chi connectivity index (χ2v) is 6.70. The van der Waals surface area contributed by atoms with Gasteiger partial charge in [-0.2, -0.15) is 0 Å². The molecule has 1 unspecified atom stereocenters. The summed E-state index contributed by atoms with van der Waals surface area (Å²) in [6.07, 6.45) is 1.21. The largest absolute Gasteiger partial charge is 0.356 e. The Labute approximate surface area is 138 Å². The van der Waals surface area contributed by atoms with Crippen molar-refractivity contribution in [3.63, 3.8) is 0 Å². The van der Waals surface area contributed by atoms with Gasteiger partial charge in [0.05, 0.1) is 5.92 Å². The minimum atomic E-state index is -0.248. The van der Waals surface area contributed by atoms with Gasteiger partial charge < -0.3 is 15.1 Å². The first-order valence-corrected chi connectivity index (χ1v) is 8.18. The van der Waals surface area contributed by atoms with E-state index in [1.165, 1.54) is 0 Å². The van der Waals surface area contributed by atoms with E-state index in [0.717, 1.165) is 29.8 Å². The van der Waals surface area contributed by atoms with Crippen molar-refractivity contribution in [1.29, 1.82) is 0 Å². The maximum atomic E-state index is 12.3. The average Bonchev–Trinajstić information content (AvgIpc) is 2.84. The van der Waals surface area contributed by atoms with Gasteiger partial charge in [0.1, 0.15) is 0 Å². The topological polar surface area (TPSA) is 52.7 Å². The lowest BCUT2D eigenvalue weighted by atomic mass is 10.1. The van der Waals surface area contributed by atoms with Crippen LogP contribution in [0.2, 0.25) is 0 Å². The molecule has 2 rings (SSSR count). The van der Waals surface area contributed by atoms with Crippen molar-refractivity contribution in [2.45, 2.75) is 26.7 Å². The Morgan fingerprint density at radius 1 is 1.26 bits per heavy atom. The molecule has 1 aliphatic heterocycles. The molecule has 0 bridgehead atoms. The van der Waals surface area contributed by atoms with Gasteiger partial charge >= 0.3 is 0 Å². The summed E-state index contributed by atoms with van der Waals surface area (Å²) in [5.41, 5.74) is 3.16. The van der Waals surface area contributed by atoms with Crippen LogP contribution in [0.4, 0.5) is 5.69 Å². The van der Waals surface area contributed by atoms with E-state index in [9.17, 15) is 9.59 Å². The molecule has 1 aromatic carbocycles. The molecule has 1 N–H and O–H groups in total. The SMILES string of the molecule is Cc1cc(C)cc(N2CC(C(=O)NCCCN(C)C)CC2=O)c1. The molecule has 2 amide bonds. The molecule has 126 valence electrons. The van der Waals surface area contributed by atoms with Crippen molar-refractivity contribution < 1.29 is 9.59 Å². The van der Waals surface area contributed by atoms with E-state index < -0.39 is 0 Å². The lowest BCUT2D eigenvalue weighted by Gasteiger charge is -2.18.